The van der Waals surface area contributed by atoms with Crippen LogP contribution in [0.2, 0.25) is 0 Å². The summed E-state index contributed by atoms with van der Waals surface area (Å²) in [5, 5.41) is 6.13. The maximum absolute atomic E-state index is 13.6. The van der Waals surface area contributed by atoms with Crippen molar-refractivity contribution in [2.24, 2.45) is 0 Å². The lowest BCUT2D eigenvalue weighted by molar-refractivity contribution is 0.0827. The molecule has 0 radical (unpaired) electrons. The third-order valence-corrected chi connectivity index (χ3v) is 8.19. The number of hydrogen-bond acceptors (Lipinski definition) is 7. The maximum Gasteiger partial charge on any atom is 0.265 e. The highest BCUT2D eigenvalue weighted by atomic mass is 35.5. The molecule has 0 saturated heterocycles. The van der Waals surface area contributed by atoms with Crippen LogP contribution in [0.3, 0.4) is 0 Å². The van der Waals surface area contributed by atoms with Gasteiger partial charge in [0.25, 0.3) is 21.8 Å². The number of carbonyl (C=O) groups excluding carboxylic acids is 2. The predicted octanol–water partition coefficient (Wildman–Crippen LogP) is 5.62. The number of nitrogens with one attached hydrogen (secondary N) is 3. The van der Waals surface area contributed by atoms with Gasteiger partial charge >= 0.3 is 0 Å². The van der Waals surface area contributed by atoms with Gasteiger partial charge in [0.05, 0.1) is 18.4 Å². The van der Waals surface area contributed by atoms with Crippen LogP contribution in [-0.4, -0.2) is 73.5 Å². The molecule has 0 saturated carbocycles. The van der Waals surface area contributed by atoms with E-state index in [9.17, 15) is 18.0 Å². The smallest absolute Gasteiger partial charge is 0.265 e. The van der Waals surface area contributed by atoms with Crippen molar-refractivity contribution in [1.82, 2.24) is 10.2 Å². The highest BCUT2D eigenvalue weighted by Crippen LogP contribution is 2.32. The molecule has 0 fully saturated rings. The van der Waals surface area contributed by atoms with E-state index in [-0.39, 0.29) is 47.3 Å². The molecule has 3 N–H and O–H groups in total. The molecule has 46 heavy (non-hydrogen) atoms. The van der Waals surface area contributed by atoms with E-state index < -0.39 is 10.0 Å². The first kappa shape index (κ1) is 37.7. The Morgan fingerprint density at radius 2 is 1.43 bits per heavy atom. The number of hydrogen-bond donors (Lipinski definition) is 3. The zero-order valence-electron chi connectivity index (χ0n) is 26.2. The number of methoxy groups -OCH3 is 1. The molecule has 4 aromatic carbocycles. The SMILES string of the molecule is COc1ccc(-c2cccc(C(=O)N(C)C)c2)cc1S(=O)(=O)Nc1cccc(NCCNC(=O)c2ccccc2N(C)C)c1.Cl.Cl. The van der Waals surface area contributed by atoms with Gasteiger partial charge in [0, 0.05) is 58.2 Å². The van der Waals surface area contributed by atoms with Gasteiger partial charge in [-0.1, -0.05) is 36.4 Å². The quantitative estimate of drug-likeness (QED) is 0.166. The van der Waals surface area contributed by atoms with E-state index in [4.69, 9.17) is 4.74 Å². The lowest BCUT2D eigenvalue weighted by atomic mass is 10.0. The summed E-state index contributed by atoms with van der Waals surface area (Å²) in [7, 11) is 4.47. The van der Waals surface area contributed by atoms with Crippen LogP contribution < -0.4 is 25.0 Å². The lowest BCUT2D eigenvalue weighted by Gasteiger charge is -2.17. The number of benzene rings is 4. The summed E-state index contributed by atoms with van der Waals surface area (Å²) in [5.74, 6) is -0.146. The van der Waals surface area contributed by atoms with Gasteiger partial charge in [0.2, 0.25) is 0 Å². The summed E-state index contributed by atoms with van der Waals surface area (Å²) in [6, 6.07) is 26.1. The standard InChI is InChI=1S/C33H37N5O5S.2ClH/c1-37(2)29-15-7-6-14-28(29)32(39)35-19-18-34-26-12-9-13-27(22-26)36-44(41,42)31-21-24(16-17-30(31)43-5)23-10-8-11-25(20-23)33(40)38(3)4;;/h6-17,20-22,34,36H,18-19H2,1-5H3,(H,35,39);2*1H. The van der Waals surface area contributed by atoms with E-state index in [0.717, 1.165) is 5.69 Å². The Hall–Kier alpha value is -4.45. The number of nitrogens with zero attached hydrogens (tertiary/aromatic N) is 2. The van der Waals surface area contributed by atoms with Crippen molar-refractivity contribution < 1.29 is 22.7 Å². The van der Waals surface area contributed by atoms with E-state index in [0.29, 0.717) is 46.7 Å². The molecule has 13 heteroatoms. The van der Waals surface area contributed by atoms with Crippen molar-refractivity contribution in [1.29, 1.82) is 0 Å². The Morgan fingerprint density at radius 3 is 2.13 bits per heavy atom. The number of halogens is 2. The van der Waals surface area contributed by atoms with Gasteiger partial charge in [-0.25, -0.2) is 8.42 Å². The number of ether oxygens (including phenoxy) is 1. The van der Waals surface area contributed by atoms with Gasteiger partial charge in [-0.15, -0.1) is 24.8 Å². The van der Waals surface area contributed by atoms with Crippen molar-refractivity contribution in [2.75, 3.05) is 63.3 Å². The Kier molecular flexibility index (Phi) is 13.7. The average molecular weight is 689 g/mol. The second-order valence-electron chi connectivity index (χ2n) is 10.4. The largest absolute Gasteiger partial charge is 0.495 e. The third-order valence-electron chi connectivity index (χ3n) is 6.79. The molecule has 246 valence electrons. The maximum atomic E-state index is 13.6. The predicted molar refractivity (Wildman–Crippen MR) is 190 cm³/mol. The number of sulfonamides is 1. The fourth-order valence-electron chi connectivity index (χ4n) is 4.59. The molecule has 0 unspecified atom stereocenters. The van der Waals surface area contributed by atoms with E-state index in [1.54, 1.807) is 68.7 Å². The molecular weight excluding hydrogens is 649 g/mol. The molecule has 0 aliphatic heterocycles. The summed E-state index contributed by atoms with van der Waals surface area (Å²) >= 11 is 0. The second-order valence-corrected chi connectivity index (χ2v) is 12.1. The molecular formula is C33H39Cl2N5O5S. The zero-order valence-corrected chi connectivity index (χ0v) is 28.7. The lowest BCUT2D eigenvalue weighted by Crippen LogP contribution is -2.30. The molecule has 10 nitrogen and oxygen atoms in total. The highest BCUT2D eigenvalue weighted by molar-refractivity contribution is 7.92. The molecule has 4 aromatic rings. The van der Waals surface area contributed by atoms with Crippen molar-refractivity contribution in [3.05, 3.63) is 102 Å². The number of rotatable bonds is 12. The molecule has 0 atom stereocenters. The zero-order chi connectivity index (χ0) is 31.9. The Morgan fingerprint density at radius 1 is 0.761 bits per heavy atom. The van der Waals surface area contributed by atoms with Crippen LogP contribution in [0.25, 0.3) is 11.1 Å². The summed E-state index contributed by atoms with van der Waals surface area (Å²) in [6.07, 6.45) is 0. The van der Waals surface area contributed by atoms with Crippen molar-refractivity contribution >= 4 is 63.7 Å². The van der Waals surface area contributed by atoms with E-state index >= 15 is 0 Å². The molecule has 0 aromatic heterocycles. The summed E-state index contributed by atoms with van der Waals surface area (Å²) < 4.78 is 35.1. The van der Waals surface area contributed by atoms with Gasteiger partial charge in [0.1, 0.15) is 10.6 Å². The Bertz CT molecular complexity index is 1770. The fraction of sp³-hybridized carbons (Fsp3) is 0.212. The van der Waals surface area contributed by atoms with Crippen LogP contribution in [0.5, 0.6) is 5.75 Å². The topological polar surface area (TPSA) is 120 Å². The molecule has 0 aliphatic carbocycles. The van der Waals surface area contributed by atoms with Crippen LogP contribution in [0.15, 0.2) is 95.9 Å². The summed E-state index contributed by atoms with van der Waals surface area (Å²) in [4.78, 5) is 28.5. The number of anilines is 3. The van der Waals surface area contributed by atoms with E-state index in [1.165, 1.54) is 18.1 Å². The molecule has 0 heterocycles. The Labute approximate surface area is 283 Å². The summed E-state index contributed by atoms with van der Waals surface area (Å²) in [5.41, 5.74) is 4.25. The minimum Gasteiger partial charge on any atom is -0.495 e. The first-order valence-electron chi connectivity index (χ1n) is 13.9. The van der Waals surface area contributed by atoms with Gasteiger partial charge in [0.15, 0.2) is 0 Å². The number of para-hydroxylation sites is 1. The second kappa shape index (κ2) is 16.7. The average Bonchev–Trinajstić information content (AvgIpc) is 3.02. The minimum absolute atomic E-state index is 0. The molecule has 0 bridgehead atoms. The highest BCUT2D eigenvalue weighted by Gasteiger charge is 2.21. The van der Waals surface area contributed by atoms with Gasteiger partial charge in [-0.3, -0.25) is 14.3 Å². The monoisotopic (exact) mass is 687 g/mol. The third kappa shape index (κ3) is 9.29. The van der Waals surface area contributed by atoms with Crippen LogP contribution in [0.1, 0.15) is 20.7 Å². The first-order chi connectivity index (χ1) is 21.0. The molecule has 4 rings (SSSR count). The van der Waals surface area contributed by atoms with Gasteiger partial charge < -0.3 is 25.2 Å². The van der Waals surface area contributed by atoms with Gasteiger partial charge in [-0.05, 0) is 65.7 Å². The van der Waals surface area contributed by atoms with Gasteiger partial charge in [-0.2, -0.15) is 0 Å². The molecule has 0 aliphatic rings. The fourth-order valence-corrected chi connectivity index (χ4v) is 5.84. The molecule has 2 amide bonds. The number of carbonyl (C=O) groups is 2. The first-order valence-corrected chi connectivity index (χ1v) is 15.4. The Balaban J connectivity index is 0.00000368. The number of amides is 2. The van der Waals surface area contributed by atoms with Crippen LogP contribution in [-0.2, 0) is 10.0 Å². The summed E-state index contributed by atoms with van der Waals surface area (Å²) in [6.45, 7) is 0.791. The minimum atomic E-state index is -4.06. The molecule has 0 spiro atoms. The van der Waals surface area contributed by atoms with Crippen LogP contribution in [0, 0.1) is 0 Å². The van der Waals surface area contributed by atoms with E-state index in [1.807, 2.05) is 49.3 Å². The van der Waals surface area contributed by atoms with Crippen molar-refractivity contribution in [2.45, 2.75) is 4.90 Å². The van der Waals surface area contributed by atoms with Crippen molar-refractivity contribution in [3.63, 3.8) is 0 Å². The van der Waals surface area contributed by atoms with E-state index in [2.05, 4.69) is 15.4 Å². The van der Waals surface area contributed by atoms with Crippen LogP contribution in [0.4, 0.5) is 17.1 Å². The normalized spacial score (nSPS) is 10.5. The van der Waals surface area contributed by atoms with Crippen molar-refractivity contribution in [3.8, 4) is 16.9 Å². The van der Waals surface area contributed by atoms with Crippen LogP contribution >= 0.6 is 24.8 Å².